The predicted octanol–water partition coefficient (Wildman–Crippen LogP) is 3.42. The van der Waals surface area contributed by atoms with Crippen molar-refractivity contribution in [3.8, 4) is 0 Å². The Balaban J connectivity index is 0.000000758. The summed E-state index contributed by atoms with van der Waals surface area (Å²) >= 11 is 0. The zero-order valence-electron chi connectivity index (χ0n) is 14.6. The Kier molecular flexibility index (Phi) is 11.1. The van der Waals surface area contributed by atoms with E-state index in [-0.39, 0.29) is 17.7 Å². The maximum atomic E-state index is 11.8. The summed E-state index contributed by atoms with van der Waals surface area (Å²) in [6.07, 6.45) is -1.76. The monoisotopic (exact) mass is 419 g/mol. The fraction of sp³-hybridized carbons (Fsp3) is 0.800. The van der Waals surface area contributed by atoms with Gasteiger partial charge in [0, 0.05) is 24.5 Å². The number of aliphatic carboxylic acids is 2. The van der Waals surface area contributed by atoms with Gasteiger partial charge in [-0.05, 0) is 24.2 Å². The van der Waals surface area contributed by atoms with Gasteiger partial charge in [-0.3, -0.25) is 9.59 Å². The average Bonchev–Trinajstić information content (AvgIpc) is 3.30. The standard InChI is InChI=1S/C13H23NO3S2.C2HF3O2/c1-13(2,10-3-4-10)9-11(15)14-6-8-19-18-7-5-12(16)17;3-2(4,5)1(6)7/h10H,3-9H2,1-2H3,(H,14,15)(H,16,17);(H,6,7). The third kappa shape index (κ3) is 13.2. The second-order valence-corrected chi connectivity index (χ2v) is 9.08. The number of carboxylic acid groups (broad SMARTS) is 2. The van der Waals surface area contributed by atoms with Gasteiger partial charge in [0.1, 0.15) is 0 Å². The molecule has 26 heavy (non-hydrogen) atoms. The zero-order valence-corrected chi connectivity index (χ0v) is 16.2. The SMILES string of the molecule is CC(C)(CC(=O)NCCSSCCC(=O)O)C1CC1.O=C(O)C(F)(F)F. The Morgan fingerprint density at radius 2 is 1.58 bits per heavy atom. The molecule has 1 fully saturated rings. The van der Waals surface area contributed by atoms with E-state index in [9.17, 15) is 22.8 Å². The van der Waals surface area contributed by atoms with Crippen LogP contribution in [0.25, 0.3) is 0 Å². The molecule has 6 nitrogen and oxygen atoms in total. The zero-order chi connectivity index (χ0) is 20.4. The van der Waals surface area contributed by atoms with Crippen LogP contribution in [0.3, 0.4) is 0 Å². The molecule has 0 aromatic carbocycles. The summed E-state index contributed by atoms with van der Waals surface area (Å²) in [5, 5.41) is 18.5. The number of nitrogens with one attached hydrogen (secondary N) is 1. The summed E-state index contributed by atoms with van der Waals surface area (Å²) in [4.78, 5) is 31.0. The van der Waals surface area contributed by atoms with Crippen molar-refractivity contribution in [1.29, 1.82) is 0 Å². The lowest BCUT2D eigenvalue weighted by molar-refractivity contribution is -0.192. The van der Waals surface area contributed by atoms with Crippen LogP contribution < -0.4 is 5.32 Å². The average molecular weight is 419 g/mol. The van der Waals surface area contributed by atoms with Gasteiger partial charge in [0.2, 0.25) is 5.91 Å². The molecule has 152 valence electrons. The molecule has 0 saturated heterocycles. The maximum absolute atomic E-state index is 11.8. The smallest absolute Gasteiger partial charge is 0.481 e. The summed E-state index contributed by atoms with van der Waals surface area (Å²) in [6, 6.07) is 0. The lowest BCUT2D eigenvalue weighted by Crippen LogP contribution is -2.31. The van der Waals surface area contributed by atoms with Crippen molar-refractivity contribution in [3.63, 3.8) is 0 Å². The molecule has 0 spiro atoms. The van der Waals surface area contributed by atoms with Crippen LogP contribution in [0.2, 0.25) is 0 Å². The van der Waals surface area contributed by atoms with Crippen LogP contribution in [-0.4, -0.2) is 52.3 Å². The van der Waals surface area contributed by atoms with E-state index in [1.165, 1.54) is 12.8 Å². The molecule has 0 aliphatic heterocycles. The van der Waals surface area contributed by atoms with Crippen LogP contribution in [0, 0.1) is 11.3 Å². The van der Waals surface area contributed by atoms with E-state index < -0.39 is 18.1 Å². The number of halogens is 3. The lowest BCUT2D eigenvalue weighted by Gasteiger charge is -2.23. The van der Waals surface area contributed by atoms with Crippen LogP contribution in [-0.2, 0) is 14.4 Å². The molecule has 0 unspecified atom stereocenters. The van der Waals surface area contributed by atoms with Gasteiger partial charge in [-0.2, -0.15) is 13.2 Å². The van der Waals surface area contributed by atoms with Gasteiger partial charge >= 0.3 is 18.1 Å². The Morgan fingerprint density at radius 1 is 1.08 bits per heavy atom. The second-order valence-electron chi connectivity index (χ2n) is 6.38. The Labute approximate surface area is 158 Å². The summed E-state index contributed by atoms with van der Waals surface area (Å²) < 4.78 is 31.7. The number of carbonyl (C=O) groups is 3. The number of rotatable bonds is 10. The molecular formula is C15H24F3NO5S2. The molecule has 1 rings (SSSR count). The molecule has 0 bridgehead atoms. The number of carboxylic acids is 2. The van der Waals surface area contributed by atoms with Crippen LogP contribution in [0.5, 0.6) is 0 Å². The molecule has 11 heteroatoms. The number of hydrogen-bond donors (Lipinski definition) is 3. The number of amides is 1. The minimum atomic E-state index is -5.08. The van der Waals surface area contributed by atoms with E-state index in [0.29, 0.717) is 18.7 Å². The normalized spacial score (nSPS) is 14.2. The Hall–Kier alpha value is -1.10. The molecule has 0 atom stereocenters. The second kappa shape index (κ2) is 11.6. The molecule has 0 aromatic heterocycles. The minimum Gasteiger partial charge on any atom is -0.481 e. The highest BCUT2D eigenvalue weighted by Crippen LogP contribution is 2.47. The van der Waals surface area contributed by atoms with E-state index in [1.54, 1.807) is 21.6 Å². The van der Waals surface area contributed by atoms with Crippen LogP contribution in [0.1, 0.15) is 39.5 Å². The first-order valence-corrected chi connectivity index (χ1v) is 10.4. The number of hydrogen-bond acceptors (Lipinski definition) is 5. The van der Waals surface area contributed by atoms with Gasteiger partial charge < -0.3 is 15.5 Å². The van der Waals surface area contributed by atoms with Crippen molar-refractivity contribution < 1.29 is 37.8 Å². The van der Waals surface area contributed by atoms with Crippen LogP contribution in [0.15, 0.2) is 0 Å². The predicted molar refractivity (Wildman–Crippen MR) is 95.0 cm³/mol. The van der Waals surface area contributed by atoms with Crippen molar-refractivity contribution >= 4 is 39.4 Å². The fourth-order valence-corrected chi connectivity index (χ4v) is 3.85. The van der Waals surface area contributed by atoms with Gasteiger partial charge in [0.25, 0.3) is 0 Å². The van der Waals surface area contributed by atoms with E-state index in [2.05, 4.69) is 19.2 Å². The van der Waals surface area contributed by atoms with E-state index >= 15 is 0 Å². The topological polar surface area (TPSA) is 104 Å². The van der Waals surface area contributed by atoms with Crippen molar-refractivity contribution in [2.45, 2.75) is 45.7 Å². The Morgan fingerprint density at radius 3 is 2.00 bits per heavy atom. The molecule has 1 saturated carbocycles. The largest absolute Gasteiger partial charge is 0.490 e. The van der Waals surface area contributed by atoms with Gasteiger partial charge in [0.05, 0.1) is 6.42 Å². The van der Waals surface area contributed by atoms with Crippen molar-refractivity contribution in [1.82, 2.24) is 5.32 Å². The molecule has 3 N–H and O–H groups in total. The molecule has 0 radical (unpaired) electrons. The highest BCUT2D eigenvalue weighted by Gasteiger charge is 2.39. The minimum absolute atomic E-state index is 0.132. The molecule has 1 aliphatic rings. The van der Waals surface area contributed by atoms with Crippen LogP contribution >= 0.6 is 21.6 Å². The first-order chi connectivity index (χ1) is 11.9. The van der Waals surface area contributed by atoms with Gasteiger partial charge in [-0.25, -0.2) is 4.79 Å². The number of alkyl halides is 3. The van der Waals surface area contributed by atoms with E-state index in [4.69, 9.17) is 15.0 Å². The third-order valence-corrected chi connectivity index (χ3v) is 5.94. The van der Waals surface area contributed by atoms with Crippen molar-refractivity contribution in [2.24, 2.45) is 11.3 Å². The summed E-state index contributed by atoms with van der Waals surface area (Å²) in [6.45, 7) is 4.99. The first-order valence-electron chi connectivity index (χ1n) is 7.89. The summed E-state index contributed by atoms with van der Waals surface area (Å²) in [7, 11) is 3.16. The summed E-state index contributed by atoms with van der Waals surface area (Å²) in [5.74, 6) is -1.23. The fourth-order valence-electron chi connectivity index (χ4n) is 1.96. The Bertz CT molecular complexity index is 482. The van der Waals surface area contributed by atoms with E-state index in [0.717, 1.165) is 11.7 Å². The van der Waals surface area contributed by atoms with E-state index in [1.807, 2.05) is 0 Å². The molecule has 1 amide bonds. The maximum Gasteiger partial charge on any atom is 0.490 e. The molecule has 0 heterocycles. The van der Waals surface area contributed by atoms with Gasteiger partial charge in [-0.1, -0.05) is 35.4 Å². The summed E-state index contributed by atoms with van der Waals surface area (Å²) in [5.41, 5.74) is 0.132. The molecular weight excluding hydrogens is 395 g/mol. The lowest BCUT2D eigenvalue weighted by atomic mass is 9.83. The quantitative estimate of drug-likeness (QED) is 0.368. The van der Waals surface area contributed by atoms with Crippen LogP contribution in [0.4, 0.5) is 13.2 Å². The van der Waals surface area contributed by atoms with Gasteiger partial charge in [0.15, 0.2) is 0 Å². The van der Waals surface area contributed by atoms with Gasteiger partial charge in [-0.15, -0.1) is 0 Å². The number of carbonyl (C=O) groups excluding carboxylic acids is 1. The first kappa shape index (κ1) is 24.9. The molecule has 1 aliphatic carbocycles. The molecule has 0 aromatic rings. The van der Waals surface area contributed by atoms with Crippen molar-refractivity contribution in [3.05, 3.63) is 0 Å². The highest BCUT2D eigenvalue weighted by atomic mass is 33.1. The highest BCUT2D eigenvalue weighted by molar-refractivity contribution is 8.76. The van der Waals surface area contributed by atoms with Crippen molar-refractivity contribution in [2.75, 3.05) is 18.1 Å². The third-order valence-electron chi connectivity index (χ3n) is 3.53.